The van der Waals surface area contributed by atoms with Crippen LogP contribution in [0, 0.1) is 5.92 Å². The predicted molar refractivity (Wildman–Crippen MR) is 107 cm³/mol. The van der Waals surface area contributed by atoms with Gasteiger partial charge in [0.1, 0.15) is 5.83 Å². The molecule has 1 heterocycles. The van der Waals surface area contributed by atoms with Crippen LogP contribution in [0.2, 0.25) is 0 Å². The Kier molecular flexibility index (Phi) is 6.45. The lowest BCUT2D eigenvalue weighted by Crippen LogP contribution is -2.29. The van der Waals surface area contributed by atoms with E-state index in [2.05, 4.69) is 33.2 Å². The third kappa shape index (κ3) is 5.38. The van der Waals surface area contributed by atoms with Crippen molar-refractivity contribution < 1.29 is 22.4 Å². The molecule has 1 unspecified atom stereocenters. The largest absolute Gasteiger partial charge is 0.434 e. The normalized spacial score (nSPS) is 16.5. The third-order valence-electron chi connectivity index (χ3n) is 4.40. The van der Waals surface area contributed by atoms with Crippen molar-refractivity contribution in [1.29, 1.82) is 0 Å². The molecule has 1 atom stereocenters. The first kappa shape index (κ1) is 21.8. The Morgan fingerprint density at radius 3 is 2.73 bits per heavy atom. The number of carbonyl (C=O) groups is 1. The summed E-state index contributed by atoms with van der Waals surface area (Å²) >= 11 is 4.16. The number of hydrogen-bond acceptors (Lipinski definition) is 5. The van der Waals surface area contributed by atoms with E-state index < -0.39 is 23.3 Å². The first-order valence-corrected chi connectivity index (χ1v) is 9.42. The average Bonchev–Trinajstić information content (AvgIpc) is 2.68. The molecule has 1 aliphatic carbocycles. The molecule has 5 nitrogen and oxygen atoms in total. The van der Waals surface area contributed by atoms with Gasteiger partial charge in [-0.2, -0.15) is 13.2 Å². The molecule has 3 rings (SSSR count). The van der Waals surface area contributed by atoms with Crippen LogP contribution in [0.15, 0.2) is 58.9 Å². The zero-order valence-corrected chi connectivity index (χ0v) is 16.7. The number of amides is 1. The van der Waals surface area contributed by atoms with Crippen molar-refractivity contribution >= 4 is 30.2 Å². The van der Waals surface area contributed by atoms with Crippen LogP contribution in [0.1, 0.15) is 29.4 Å². The number of benzene rings is 1. The Morgan fingerprint density at radius 2 is 2.07 bits per heavy atom. The average molecular weight is 438 g/mol. The molecule has 30 heavy (non-hydrogen) atoms. The van der Waals surface area contributed by atoms with E-state index >= 15 is 0 Å². The Bertz CT molecular complexity index is 1020. The monoisotopic (exact) mass is 438 g/mol. The number of rotatable bonds is 5. The van der Waals surface area contributed by atoms with Crippen molar-refractivity contribution in [3.63, 3.8) is 0 Å². The van der Waals surface area contributed by atoms with Crippen LogP contribution in [-0.4, -0.2) is 22.4 Å². The van der Waals surface area contributed by atoms with Gasteiger partial charge in [0.15, 0.2) is 5.69 Å². The molecule has 1 aromatic carbocycles. The van der Waals surface area contributed by atoms with Crippen LogP contribution < -0.4 is 10.6 Å². The second-order valence-electron chi connectivity index (χ2n) is 6.79. The van der Waals surface area contributed by atoms with E-state index in [0.717, 1.165) is 6.20 Å². The van der Waals surface area contributed by atoms with Gasteiger partial charge in [0, 0.05) is 29.2 Å². The molecular weight excluding hydrogens is 420 g/mol. The van der Waals surface area contributed by atoms with Gasteiger partial charge < -0.3 is 10.6 Å². The Balaban J connectivity index is 1.79. The number of alkyl halides is 3. The van der Waals surface area contributed by atoms with E-state index in [0.29, 0.717) is 22.6 Å². The molecule has 10 heteroatoms. The Labute approximate surface area is 175 Å². The molecule has 0 bridgehead atoms. The maximum absolute atomic E-state index is 13.5. The van der Waals surface area contributed by atoms with Crippen molar-refractivity contribution in [1.82, 2.24) is 15.3 Å². The number of hydrogen-bond donors (Lipinski definition) is 3. The molecule has 0 saturated heterocycles. The number of nitrogens with one attached hydrogen (secondary N) is 2. The van der Waals surface area contributed by atoms with Crippen LogP contribution in [0.25, 0.3) is 0 Å². The van der Waals surface area contributed by atoms with Crippen molar-refractivity contribution in [2.24, 2.45) is 5.92 Å². The predicted octanol–water partition coefficient (Wildman–Crippen LogP) is 5.08. The molecule has 0 saturated carbocycles. The highest BCUT2D eigenvalue weighted by Crippen LogP contribution is 2.31. The second-order valence-corrected chi connectivity index (χ2v) is 7.31. The van der Waals surface area contributed by atoms with Crippen LogP contribution in [0.3, 0.4) is 0 Å². The quantitative estimate of drug-likeness (QED) is 0.450. The lowest BCUT2D eigenvalue weighted by atomic mass is 9.95. The summed E-state index contributed by atoms with van der Waals surface area (Å²) in [6, 6.07) is 6.58. The molecular formula is C20H18F4N4OS. The SMILES string of the molecule is CC1CC(CNC(=O)c2cnc(Nc3cccc(S)c3)nc2C(F)(F)F)=CC=C1F. The Hall–Kier alpha value is -2.88. The van der Waals surface area contributed by atoms with Gasteiger partial charge in [0.2, 0.25) is 5.95 Å². The topological polar surface area (TPSA) is 66.9 Å². The van der Waals surface area contributed by atoms with Gasteiger partial charge in [0.25, 0.3) is 5.91 Å². The minimum Gasteiger partial charge on any atom is -0.348 e. The summed E-state index contributed by atoms with van der Waals surface area (Å²) in [7, 11) is 0. The first-order chi connectivity index (χ1) is 14.1. The van der Waals surface area contributed by atoms with E-state index in [1.165, 1.54) is 12.2 Å². The van der Waals surface area contributed by atoms with Gasteiger partial charge >= 0.3 is 6.18 Å². The third-order valence-corrected chi connectivity index (χ3v) is 4.68. The van der Waals surface area contributed by atoms with Crippen molar-refractivity contribution in [3.8, 4) is 0 Å². The lowest BCUT2D eigenvalue weighted by Gasteiger charge is -2.18. The van der Waals surface area contributed by atoms with E-state index in [9.17, 15) is 22.4 Å². The number of anilines is 2. The van der Waals surface area contributed by atoms with E-state index in [4.69, 9.17) is 0 Å². The maximum atomic E-state index is 13.5. The summed E-state index contributed by atoms with van der Waals surface area (Å²) in [4.78, 5) is 20.3. The maximum Gasteiger partial charge on any atom is 0.434 e. The molecule has 2 N–H and O–H groups in total. The highest BCUT2D eigenvalue weighted by atomic mass is 32.1. The van der Waals surface area contributed by atoms with Crippen LogP contribution in [0.5, 0.6) is 0 Å². The molecule has 0 aliphatic heterocycles. The van der Waals surface area contributed by atoms with Crippen LogP contribution >= 0.6 is 12.6 Å². The molecule has 2 aromatic rings. The summed E-state index contributed by atoms with van der Waals surface area (Å²) in [6.07, 6.45) is -0.852. The molecule has 0 fully saturated rings. The fourth-order valence-electron chi connectivity index (χ4n) is 2.88. The van der Waals surface area contributed by atoms with E-state index in [1.54, 1.807) is 31.2 Å². The summed E-state index contributed by atoms with van der Waals surface area (Å²) in [6.45, 7) is 1.68. The summed E-state index contributed by atoms with van der Waals surface area (Å²) in [5, 5.41) is 5.09. The highest BCUT2D eigenvalue weighted by molar-refractivity contribution is 7.80. The van der Waals surface area contributed by atoms with E-state index in [1.807, 2.05) is 0 Å². The van der Waals surface area contributed by atoms with Gasteiger partial charge in [-0.1, -0.05) is 24.6 Å². The lowest BCUT2D eigenvalue weighted by molar-refractivity contribution is -0.141. The second kappa shape index (κ2) is 8.86. The van der Waals surface area contributed by atoms with Gasteiger partial charge in [-0.15, -0.1) is 12.6 Å². The Morgan fingerprint density at radius 1 is 1.30 bits per heavy atom. The summed E-state index contributed by atoms with van der Waals surface area (Å²) in [5.74, 6) is -1.88. The summed E-state index contributed by atoms with van der Waals surface area (Å²) < 4.78 is 53.9. The number of nitrogens with zero attached hydrogens (tertiary/aromatic N) is 2. The molecule has 1 amide bonds. The number of carbonyl (C=O) groups excluding carboxylic acids is 1. The van der Waals surface area contributed by atoms with Crippen molar-refractivity contribution in [3.05, 3.63) is 65.3 Å². The van der Waals surface area contributed by atoms with Gasteiger partial charge in [-0.25, -0.2) is 14.4 Å². The van der Waals surface area contributed by atoms with Gasteiger partial charge in [0.05, 0.1) is 5.56 Å². The minimum absolute atomic E-state index is 0.00100. The fourth-order valence-corrected chi connectivity index (χ4v) is 3.10. The van der Waals surface area contributed by atoms with Crippen LogP contribution in [0.4, 0.5) is 29.2 Å². The number of allylic oxidation sites excluding steroid dienone is 3. The van der Waals surface area contributed by atoms with Gasteiger partial charge in [-0.05, 0) is 30.7 Å². The van der Waals surface area contributed by atoms with Crippen molar-refractivity contribution in [2.75, 3.05) is 11.9 Å². The molecule has 1 aromatic heterocycles. The van der Waals surface area contributed by atoms with Gasteiger partial charge in [-0.3, -0.25) is 4.79 Å². The smallest absolute Gasteiger partial charge is 0.348 e. The fraction of sp³-hybridized carbons (Fsp3) is 0.250. The molecule has 0 spiro atoms. The number of thiol groups is 1. The van der Waals surface area contributed by atoms with E-state index in [-0.39, 0.29) is 24.2 Å². The number of halogens is 4. The zero-order chi connectivity index (χ0) is 21.9. The molecule has 1 aliphatic rings. The molecule has 0 radical (unpaired) electrons. The molecule has 158 valence electrons. The highest BCUT2D eigenvalue weighted by Gasteiger charge is 2.38. The van der Waals surface area contributed by atoms with Crippen molar-refractivity contribution in [2.45, 2.75) is 24.4 Å². The first-order valence-electron chi connectivity index (χ1n) is 8.97. The van der Waals surface area contributed by atoms with Crippen LogP contribution in [-0.2, 0) is 6.18 Å². The number of aromatic nitrogens is 2. The zero-order valence-electron chi connectivity index (χ0n) is 15.8. The minimum atomic E-state index is -4.86. The summed E-state index contributed by atoms with van der Waals surface area (Å²) in [5.41, 5.74) is -0.887. The standard InChI is InChI=1S/C20H18F4N4OS/c1-11-7-12(5-6-16(11)21)9-25-18(29)15-10-26-19(28-17(15)20(22,23)24)27-13-3-2-4-14(30)8-13/h2-6,8,10-11,30H,7,9H2,1H3,(H,25,29)(H,26,27,28).